The first kappa shape index (κ1) is 14.4. The van der Waals surface area contributed by atoms with E-state index in [1.54, 1.807) is 0 Å². The highest BCUT2D eigenvalue weighted by Gasteiger charge is 2.14. The molecular formula is C11H22O4. The number of hydrogen-bond acceptors (Lipinski definition) is 3. The summed E-state index contributed by atoms with van der Waals surface area (Å²) in [5.74, 6) is -0.503. The molecule has 0 saturated heterocycles. The van der Waals surface area contributed by atoms with Crippen LogP contribution in [0.4, 0.5) is 0 Å². The highest BCUT2D eigenvalue weighted by atomic mass is 16.7. The van der Waals surface area contributed by atoms with Gasteiger partial charge >= 0.3 is 5.97 Å². The van der Waals surface area contributed by atoms with E-state index in [1.807, 2.05) is 13.8 Å². The molecule has 1 unspecified atom stereocenters. The van der Waals surface area contributed by atoms with E-state index in [0.717, 1.165) is 12.8 Å². The molecule has 4 nitrogen and oxygen atoms in total. The van der Waals surface area contributed by atoms with Crippen LogP contribution in [0.15, 0.2) is 0 Å². The van der Waals surface area contributed by atoms with E-state index >= 15 is 0 Å². The molecule has 0 aliphatic heterocycles. The largest absolute Gasteiger partial charge is 0.481 e. The van der Waals surface area contributed by atoms with Crippen LogP contribution >= 0.6 is 0 Å². The predicted molar refractivity (Wildman–Crippen MR) is 57.7 cm³/mol. The molecule has 0 radical (unpaired) electrons. The zero-order valence-corrected chi connectivity index (χ0v) is 9.86. The Kier molecular flexibility index (Phi) is 8.33. The van der Waals surface area contributed by atoms with Crippen LogP contribution in [0.5, 0.6) is 0 Å². The van der Waals surface area contributed by atoms with Crippen LogP contribution in [-0.2, 0) is 14.3 Å². The van der Waals surface area contributed by atoms with Gasteiger partial charge in [-0.05, 0) is 12.3 Å². The number of hydrogen-bond donors (Lipinski definition) is 1. The summed E-state index contributed by atoms with van der Waals surface area (Å²) in [5.41, 5.74) is 0. The lowest BCUT2D eigenvalue weighted by Crippen LogP contribution is -2.23. The number of carboxylic acid groups (broad SMARTS) is 1. The van der Waals surface area contributed by atoms with Crippen molar-refractivity contribution in [3.63, 3.8) is 0 Å². The summed E-state index contributed by atoms with van der Waals surface area (Å²) in [6.07, 6.45) is 1.28. The topological polar surface area (TPSA) is 55.8 Å². The Morgan fingerprint density at radius 1 is 1.33 bits per heavy atom. The molecule has 0 aliphatic carbocycles. The summed E-state index contributed by atoms with van der Waals surface area (Å²) in [7, 11) is 0. The molecule has 0 aromatic carbocycles. The van der Waals surface area contributed by atoms with Crippen molar-refractivity contribution in [2.24, 2.45) is 5.92 Å². The molecule has 0 spiro atoms. The van der Waals surface area contributed by atoms with Gasteiger partial charge in [-0.3, -0.25) is 4.79 Å². The number of rotatable bonds is 9. The number of ether oxygens (including phenoxy) is 2. The summed E-state index contributed by atoms with van der Waals surface area (Å²) < 4.78 is 10.7. The SMILES string of the molecule is CCCCOC(CC(=O)O)OCC(C)C. The number of unbranched alkanes of at least 4 members (excludes halogenated alkanes) is 1. The van der Waals surface area contributed by atoms with E-state index < -0.39 is 12.3 Å². The van der Waals surface area contributed by atoms with Gasteiger partial charge in [-0.25, -0.2) is 0 Å². The van der Waals surface area contributed by atoms with Gasteiger partial charge in [0.25, 0.3) is 0 Å². The lowest BCUT2D eigenvalue weighted by atomic mass is 10.2. The molecule has 90 valence electrons. The van der Waals surface area contributed by atoms with Crippen LogP contribution < -0.4 is 0 Å². The van der Waals surface area contributed by atoms with Crippen molar-refractivity contribution in [3.05, 3.63) is 0 Å². The molecule has 0 fully saturated rings. The van der Waals surface area contributed by atoms with Crippen LogP contribution in [0.1, 0.15) is 40.0 Å². The monoisotopic (exact) mass is 218 g/mol. The maximum atomic E-state index is 10.5. The van der Waals surface area contributed by atoms with Crippen LogP contribution in [-0.4, -0.2) is 30.6 Å². The third-order valence-corrected chi connectivity index (χ3v) is 1.76. The smallest absolute Gasteiger partial charge is 0.308 e. The molecule has 0 rings (SSSR count). The predicted octanol–water partition coefficient (Wildman–Crippen LogP) is 2.28. The maximum Gasteiger partial charge on any atom is 0.308 e. The second kappa shape index (κ2) is 8.68. The molecule has 15 heavy (non-hydrogen) atoms. The molecule has 0 aliphatic rings. The number of carbonyl (C=O) groups is 1. The van der Waals surface area contributed by atoms with Crippen LogP contribution in [0.3, 0.4) is 0 Å². The van der Waals surface area contributed by atoms with Gasteiger partial charge in [0.05, 0.1) is 13.0 Å². The fourth-order valence-corrected chi connectivity index (χ4v) is 0.967. The zero-order valence-electron chi connectivity index (χ0n) is 9.86. The summed E-state index contributed by atoms with van der Waals surface area (Å²) in [5, 5.41) is 8.65. The molecule has 0 aromatic heterocycles. The van der Waals surface area contributed by atoms with Gasteiger partial charge in [0.15, 0.2) is 6.29 Å². The van der Waals surface area contributed by atoms with Crippen LogP contribution in [0, 0.1) is 5.92 Å². The first-order valence-electron chi connectivity index (χ1n) is 5.51. The quantitative estimate of drug-likeness (QED) is 0.476. The van der Waals surface area contributed by atoms with E-state index in [1.165, 1.54) is 0 Å². The molecule has 0 saturated carbocycles. The van der Waals surface area contributed by atoms with E-state index in [9.17, 15) is 4.79 Å². The van der Waals surface area contributed by atoms with Crippen molar-refractivity contribution in [1.82, 2.24) is 0 Å². The molecule has 1 N–H and O–H groups in total. The van der Waals surface area contributed by atoms with E-state index in [0.29, 0.717) is 19.1 Å². The second-order valence-electron chi connectivity index (χ2n) is 3.98. The average molecular weight is 218 g/mol. The van der Waals surface area contributed by atoms with Crippen molar-refractivity contribution >= 4 is 5.97 Å². The first-order valence-corrected chi connectivity index (χ1v) is 5.51. The molecule has 4 heteroatoms. The Bertz CT molecular complexity index is 168. The van der Waals surface area contributed by atoms with Gasteiger partial charge in [-0.1, -0.05) is 27.2 Å². The number of aliphatic carboxylic acids is 1. The lowest BCUT2D eigenvalue weighted by molar-refractivity contribution is -0.170. The molecule has 0 aromatic rings. The molecule has 1 atom stereocenters. The highest BCUT2D eigenvalue weighted by molar-refractivity contribution is 5.67. The fraction of sp³-hybridized carbons (Fsp3) is 0.909. The minimum atomic E-state index is -0.889. The first-order chi connectivity index (χ1) is 7.06. The Morgan fingerprint density at radius 3 is 2.47 bits per heavy atom. The Labute approximate surface area is 91.6 Å². The van der Waals surface area contributed by atoms with E-state index in [4.69, 9.17) is 14.6 Å². The van der Waals surface area contributed by atoms with Crippen molar-refractivity contribution in [2.75, 3.05) is 13.2 Å². The minimum Gasteiger partial charge on any atom is -0.481 e. The van der Waals surface area contributed by atoms with E-state index in [-0.39, 0.29) is 6.42 Å². The molecular weight excluding hydrogens is 196 g/mol. The van der Waals surface area contributed by atoms with Crippen molar-refractivity contribution in [2.45, 2.75) is 46.3 Å². The third-order valence-electron chi connectivity index (χ3n) is 1.76. The zero-order chi connectivity index (χ0) is 11.7. The summed E-state index contributed by atoms with van der Waals surface area (Å²) in [6.45, 7) is 7.19. The van der Waals surface area contributed by atoms with Crippen molar-refractivity contribution in [1.29, 1.82) is 0 Å². The maximum absolute atomic E-state index is 10.5. The third kappa shape index (κ3) is 9.69. The van der Waals surface area contributed by atoms with Gasteiger partial charge < -0.3 is 14.6 Å². The molecule has 0 heterocycles. The van der Waals surface area contributed by atoms with Gasteiger partial charge in [-0.2, -0.15) is 0 Å². The summed E-state index contributed by atoms with van der Waals surface area (Å²) in [6, 6.07) is 0. The van der Waals surface area contributed by atoms with E-state index in [2.05, 4.69) is 6.92 Å². The lowest BCUT2D eigenvalue weighted by Gasteiger charge is -2.17. The molecule has 0 amide bonds. The number of carboxylic acids is 1. The molecule has 0 bridgehead atoms. The Balaban J connectivity index is 3.78. The fourth-order valence-electron chi connectivity index (χ4n) is 0.967. The van der Waals surface area contributed by atoms with Gasteiger partial charge in [-0.15, -0.1) is 0 Å². The highest BCUT2D eigenvalue weighted by Crippen LogP contribution is 2.05. The Morgan fingerprint density at radius 2 is 2.00 bits per heavy atom. The van der Waals surface area contributed by atoms with Crippen LogP contribution in [0.25, 0.3) is 0 Å². The standard InChI is InChI=1S/C11H22O4/c1-4-5-6-14-11(7-10(12)13)15-8-9(2)3/h9,11H,4-8H2,1-3H3,(H,12,13). The minimum absolute atomic E-state index is 0.0869. The van der Waals surface area contributed by atoms with Crippen molar-refractivity contribution in [3.8, 4) is 0 Å². The van der Waals surface area contributed by atoms with Gasteiger partial charge in [0.2, 0.25) is 0 Å². The van der Waals surface area contributed by atoms with Gasteiger partial charge in [0, 0.05) is 6.61 Å². The second-order valence-corrected chi connectivity index (χ2v) is 3.98. The summed E-state index contributed by atoms with van der Waals surface area (Å²) >= 11 is 0. The Hall–Kier alpha value is -0.610. The van der Waals surface area contributed by atoms with Crippen LogP contribution in [0.2, 0.25) is 0 Å². The summed E-state index contributed by atoms with van der Waals surface area (Å²) in [4.78, 5) is 10.5. The normalized spacial score (nSPS) is 13.1. The average Bonchev–Trinajstić information content (AvgIpc) is 2.13. The van der Waals surface area contributed by atoms with Gasteiger partial charge in [0.1, 0.15) is 0 Å². The van der Waals surface area contributed by atoms with Crippen molar-refractivity contribution < 1.29 is 19.4 Å².